The summed E-state index contributed by atoms with van der Waals surface area (Å²) >= 11 is 6.11. The smallest absolute Gasteiger partial charge is 0.281 e. The van der Waals surface area contributed by atoms with Crippen LogP contribution < -0.4 is 9.21 Å². The third-order valence-corrected chi connectivity index (χ3v) is 9.43. The van der Waals surface area contributed by atoms with Crippen LogP contribution in [0.2, 0.25) is 5.02 Å². The number of sulfonamides is 1. The Hall–Kier alpha value is -1.85. The fourth-order valence-electron chi connectivity index (χ4n) is 3.67. The molecular weight excluding hydrogens is 484 g/mol. The summed E-state index contributed by atoms with van der Waals surface area (Å²) in [4.78, 5) is 2.25. The highest BCUT2D eigenvalue weighted by molar-refractivity contribution is 7.92. The van der Waals surface area contributed by atoms with Gasteiger partial charge in [0, 0.05) is 57.5 Å². The van der Waals surface area contributed by atoms with Crippen LogP contribution in [-0.2, 0) is 20.2 Å². The molecule has 1 aliphatic heterocycles. The molecule has 1 heterocycles. The molecule has 33 heavy (non-hydrogen) atoms. The van der Waals surface area contributed by atoms with Crippen LogP contribution in [-0.4, -0.2) is 72.3 Å². The van der Waals surface area contributed by atoms with E-state index in [-0.39, 0.29) is 10.8 Å². The van der Waals surface area contributed by atoms with Gasteiger partial charge >= 0.3 is 0 Å². The van der Waals surface area contributed by atoms with Gasteiger partial charge in [0.05, 0.1) is 10.6 Å². The molecule has 0 atom stereocenters. The summed E-state index contributed by atoms with van der Waals surface area (Å²) in [5.41, 5.74) is 1.38. The molecule has 0 spiro atoms. The molecule has 0 unspecified atom stereocenters. The Morgan fingerprint density at radius 1 is 0.939 bits per heavy atom. The largest absolute Gasteiger partial charge is 0.369 e. The maximum Gasteiger partial charge on any atom is 0.281 e. The number of benzene rings is 2. The second-order valence-corrected chi connectivity index (χ2v) is 13.0. The molecule has 0 saturated carbocycles. The van der Waals surface area contributed by atoms with Crippen LogP contribution in [0.5, 0.6) is 0 Å². The molecule has 11 heteroatoms. The van der Waals surface area contributed by atoms with Crippen LogP contribution >= 0.6 is 11.6 Å². The number of nitrogens with zero attached hydrogens (tertiary/aromatic N) is 4. The Kier molecular flexibility index (Phi) is 7.95. The third-order valence-electron chi connectivity index (χ3n) is 5.44. The molecule has 0 amide bonds. The van der Waals surface area contributed by atoms with Crippen molar-refractivity contribution < 1.29 is 16.8 Å². The van der Waals surface area contributed by atoms with Crippen LogP contribution in [0, 0.1) is 5.92 Å². The van der Waals surface area contributed by atoms with Gasteiger partial charge in [-0.1, -0.05) is 31.5 Å². The summed E-state index contributed by atoms with van der Waals surface area (Å²) in [7, 11) is -4.18. The first kappa shape index (κ1) is 25.8. The first-order chi connectivity index (χ1) is 15.4. The highest BCUT2D eigenvalue weighted by Gasteiger charge is 2.29. The quantitative estimate of drug-likeness (QED) is 0.540. The summed E-state index contributed by atoms with van der Waals surface area (Å²) in [6, 6.07) is 13.6. The van der Waals surface area contributed by atoms with E-state index in [1.165, 1.54) is 27.0 Å². The standard InChI is InChI=1S/C22H31ClN4O4S2/c1-18(2)17-27(21-7-5-6-19(23)16-21)32(28,29)22-10-8-20(9-11-22)25-12-14-26(15-13-25)33(30,31)24(3)4/h5-11,16,18H,12-15,17H2,1-4H3. The van der Waals surface area contributed by atoms with Crippen molar-refractivity contribution in [1.82, 2.24) is 8.61 Å². The Morgan fingerprint density at radius 2 is 1.55 bits per heavy atom. The van der Waals surface area contributed by atoms with Gasteiger partial charge in [-0.25, -0.2) is 8.42 Å². The van der Waals surface area contributed by atoms with Crippen LogP contribution in [0.1, 0.15) is 13.8 Å². The lowest BCUT2D eigenvalue weighted by Gasteiger charge is -2.36. The topological polar surface area (TPSA) is 81.2 Å². The minimum absolute atomic E-state index is 0.118. The van der Waals surface area contributed by atoms with Crippen LogP contribution in [0.4, 0.5) is 11.4 Å². The maximum atomic E-state index is 13.5. The normalized spacial score (nSPS) is 15.9. The molecule has 0 aromatic heterocycles. The van der Waals surface area contributed by atoms with Crippen molar-refractivity contribution in [1.29, 1.82) is 0 Å². The Labute approximate surface area is 202 Å². The van der Waals surface area contributed by atoms with Gasteiger partial charge in [0.1, 0.15) is 0 Å². The lowest BCUT2D eigenvalue weighted by molar-refractivity contribution is 0.355. The van der Waals surface area contributed by atoms with Crippen molar-refractivity contribution >= 4 is 43.2 Å². The summed E-state index contributed by atoms with van der Waals surface area (Å²) < 4.78 is 55.6. The molecular formula is C22H31ClN4O4S2. The lowest BCUT2D eigenvalue weighted by Crippen LogP contribution is -2.51. The number of piperazine rings is 1. The van der Waals surface area contributed by atoms with E-state index in [2.05, 4.69) is 4.90 Å². The molecule has 2 aromatic carbocycles. The zero-order chi connectivity index (χ0) is 24.4. The average Bonchev–Trinajstić information content (AvgIpc) is 2.77. The van der Waals surface area contributed by atoms with Crippen molar-refractivity contribution in [2.75, 3.05) is 56.0 Å². The van der Waals surface area contributed by atoms with Crippen molar-refractivity contribution in [3.8, 4) is 0 Å². The summed E-state index contributed by atoms with van der Waals surface area (Å²) in [6.45, 7) is 6.06. The van der Waals surface area contributed by atoms with Crippen LogP contribution in [0.15, 0.2) is 53.4 Å². The SMILES string of the molecule is CC(C)CN(c1cccc(Cl)c1)S(=O)(=O)c1ccc(N2CCN(S(=O)(=O)N(C)C)CC2)cc1. The van der Waals surface area contributed by atoms with Crippen LogP contribution in [0.3, 0.4) is 0 Å². The zero-order valence-corrected chi connectivity index (χ0v) is 21.7. The Bertz CT molecular complexity index is 1160. The fraction of sp³-hybridized carbons (Fsp3) is 0.455. The van der Waals surface area contributed by atoms with E-state index in [9.17, 15) is 16.8 Å². The molecule has 1 saturated heterocycles. The second-order valence-electron chi connectivity index (χ2n) is 8.58. The summed E-state index contributed by atoms with van der Waals surface area (Å²) in [5.74, 6) is 0.118. The van der Waals surface area contributed by atoms with Gasteiger partial charge in [-0.3, -0.25) is 4.31 Å². The monoisotopic (exact) mass is 514 g/mol. The third kappa shape index (κ3) is 5.81. The molecule has 3 rings (SSSR count). The molecule has 0 N–H and O–H groups in total. The van der Waals surface area contributed by atoms with Gasteiger partial charge in [0.2, 0.25) is 0 Å². The minimum Gasteiger partial charge on any atom is -0.369 e. The first-order valence-corrected chi connectivity index (χ1v) is 14.0. The molecule has 0 radical (unpaired) electrons. The molecule has 182 valence electrons. The number of anilines is 2. The first-order valence-electron chi connectivity index (χ1n) is 10.7. The summed E-state index contributed by atoms with van der Waals surface area (Å²) in [6.07, 6.45) is 0. The van der Waals surface area contributed by atoms with Crippen molar-refractivity contribution in [3.05, 3.63) is 53.6 Å². The van der Waals surface area contributed by atoms with Gasteiger partial charge < -0.3 is 4.90 Å². The molecule has 0 aliphatic carbocycles. The highest BCUT2D eigenvalue weighted by Crippen LogP contribution is 2.28. The number of rotatable bonds is 8. The zero-order valence-electron chi connectivity index (χ0n) is 19.3. The molecule has 1 aliphatic rings. The minimum atomic E-state index is -3.79. The van der Waals surface area contributed by atoms with E-state index in [1.807, 2.05) is 13.8 Å². The Balaban J connectivity index is 1.79. The predicted molar refractivity (Wildman–Crippen MR) is 134 cm³/mol. The van der Waals surface area contributed by atoms with Crippen molar-refractivity contribution in [2.45, 2.75) is 18.7 Å². The molecule has 0 bridgehead atoms. The highest BCUT2D eigenvalue weighted by atomic mass is 35.5. The van der Waals surface area contributed by atoms with Crippen molar-refractivity contribution in [3.63, 3.8) is 0 Å². The van der Waals surface area contributed by atoms with Crippen LogP contribution in [0.25, 0.3) is 0 Å². The van der Waals surface area contributed by atoms with Gasteiger partial charge in [-0.2, -0.15) is 17.0 Å². The molecule has 8 nitrogen and oxygen atoms in total. The molecule has 2 aromatic rings. The van der Waals surface area contributed by atoms with E-state index in [0.717, 1.165) is 5.69 Å². The van der Waals surface area contributed by atoms with Gasteiger partial charge in [-0.15, -0.1) is 0 Å². The fourth-order valence-corrected chi connectivity index (χ4v) is 6.56. The van der Waals surface area contributed by atoms with E-state index < -0.39 is 20.2 Å². The van der Waals surface area contributed by atoms with Gasteiger partial charge in [0.15, 0.2) is 0 Å². The van der Waals surface area contributed by atoms with Gasteiger partial charge in [-0.05, 0) is 48.4 Å². The van der Waals surface area contributed by atoms with E-state index in [4.69, 9.17) is 11.6 Å². The maximum absolute atomic E-state index is 13.5. The second kappa shape index (κ2) is 10.2. The average molecular weight is 515 g/mol. The Morgan fingerprint density at radius 3 is 2.06 bits per heavy atom. The van der Waals surface area contributed by atoms with E-state index >= 15 is 0 Å². The number of hydrogen-bond donors (Lipinski definition) is 0. The lowest BCUT2D eigenvalue weighted by atomic mass is 10.2. The predicted octanol–water partition coefficient (Wildman–Crippen LogP) is 3.12. The van der Waals surface area contributed by atoms with Gasteiger partial charge in [0.25, 0.3) is 20.2 Å². The number of hydrogen-bond acceptors (Lipinski definition) is 5. The van der Waals surface area contributed by atoms with E-state index in [1.54, 1.807) is 48.5 Å². The number of halogens is 1. The molecule has 1 fully saturated rings. The summed E-state index contributed by atoms with van der Waals surface area (Å²) in [5, 5.41) is 0.474. The van der Waals surface area contributed by atoms with E-state index in [0.29, 0.717) is 43.4 Å². The van der Waals surface area contributed by atoms with Crippen molar-refractivity contribution in [2.24, 2.45) is 5.92 Å².